The minimum absolute atomic E-state index is 0.112. The first-order chi connectivity index (χ1) is 18.5. The summed E-state index contributed by atoms with van der Waals surface area (Å²) in [6, 6.07) is 0.380. The van der Waals surface area contributed by atoms with E-state index in [0.29, 0.717) is 23.7 Å². The number of nitrogens with one attached hydrogen (secondary N) is 1. The zero-order valence-corrected chi connectivity index (χ0v) is 24.1. The van der Waals surface area contributed by atoms with Gasteiger partial charge in [-0.05, 0) is 89.6 Å². The fourth-order valence-corrected chi connectivity index (χ4v) is 6.47. The van der Waals surface area contributed by atoms with Gasteiger partial charge in [-0.3, -0.25) is 4.57 Å². The van der Waals surface area contributed by atoms with Gasteiger partial charge < -0.3 is 25.3 Å². The third kappa shape index (κ3) is 7.29. The van der Waals surface area contributed by atoms with Crippen LogP contribution in [0, 0.1) is 11.8 Å². The monoisotopic (exact) mass is 529 g/mol. The second-order valence-electron chi connectivity index (χ2n) is 11.4. The molecule has 2 aromatic heterocycles. The molecule has 0 bridgehead atoms. The van der Waals surface area contributed by atoms with Gasteiger partial charge in [-0.1, -0.05) is 52.9 Å². The summed E-state index contributed by atoms with van der Waals surface area (Å²) in [6.07, 6.45) is 12.8. The van der Waals surface area contributed by atoms with Crippen molar-refractivity contribution in [3.8, 4) is 6.01 Å². The molecule has 2 saturated heterocycles. The van der Waals surface area contributed by atoms with E-state index < -0.39 is 0 Å². The number of nitrogens with two attached hydrogens (primary N) is 1. The van der Waals surface area contributed by atoms with Crippen molar-refractivity contribution in [2.75, 3.05) is 51.6 Å². The lowest BCUT2D eigenvalue weighted by atomic mass is 9.85. The topological polar surface area (TPSA) is 105 Å². The molecule has 0 radical (unpaired) electrons. The van der Waals surface area contributed by atoms with Gasteiger partial charge in [0.15, 0.2) is 11.5 Å². The number of nitrogen functional groups attached to an aromatic ring is 1. The van der Waals surface area contributed by atoms with Gasteiger partial charge in [0.25, 0.3) is 0 Å². The second-order valence-corrected chi connectivity index (χ2v) is 11.4. The first-order valence-corrected chi connectivity index (χ1v) is 15.4. The molecule has 2 aromatic rings. The number of hydrogen-bond acceptors (Lipinski definition) is 7. The Hall–Kier alpha value is -2.13. The summed E-state index contributed by atoms with van der Waals surface area (Å²) in [5, 5.41) is 0. The van der Waals surface area contributed by atoms with Crippen LogP contribution >= 0.6 is 0 Å². The molecule has 0 amide bonds. The molecule has 4 rings (SSSR count). The van der Waals surface area contributed by atoms with Crippen molar-refractivity contribution in [1.29, 1.82) is 0 Å². The summed E-state index contributed by atoms with van der Waals surface area (Å²) in [5.74, 6) is 1.62. The SMILES string of the molecule is CCCCOc1nc(N)c2[nH]c(=O)n(C(CCCCCC3CCN(CC)CC3)C3CCN(CC)CC3)c2n1. The molecule has 2 fully saturated rings. The molecular formula is C29H51N7O2. The van der Waals surface area contributed by atoms with Crippen LogP contribution in [-0.4, -0.2) is 75.2 Å². The molecule has 4 heterocycles. The van der Waals surface area contributed by atoms with E-state index in [4.69, 9.17) is 15.5 Å². The Labute approximate surface area is 228 Å². The molecule has 0 aliphatic carbocycles. The normalized spacial score (nSPS) is 19.3. The quantitative estimate of drug-likeness (QED) is 0.338. The lowest BCUT2D eigenvalue weighted by Gasteiger charge is -2.36. The van der Waals surface area contributed by atoms with Gasteiger partial charge >= 0.3 is 11.7 Å². The largest absolute Gasteiger partial charge is 0.463 e. The highest BCUT2D eigenvalue weighted by Crippen LogP contribution is 2.35. The van der Waals surface area contributed by atoms with E-state index in [1.807, 2.05) is 4.57 Å². The predicted molar refractivity (Wildman–Crippen MR) is 155 cm³/mol. The Kier molecular flexibility index (Phi) is 10.9. The number of imidazole rings is 1. The Balaban J connectivity index is 1.46. The lowest BCUT2D eigenvalue weighted by molar-refractivity contribution is 0.148. The molecule has 2 aliphatic rings. The molecule has 0 spiro atoms. The van der Waals surface area contributed by atoms with Gasteiger partial charge in [-0.2, -0.15) is 9.97 Å². The second kappa shape index (κ2) is 14.3. The standard InChI is InChI=1S/C29H51N7O2/c1-4-7-21-38-28-32-26(30)25-27(33-28)36(29(37)31-25)24(23-15-19-35(6-3)20-16-23)12-10-8-9-11-22-13-17-34(5-2)18-14-22/h22-24H,4-21H2,1-3H3,(H,31,37)(H2,30,32,33). The first-order valence-electron chi connectivity index (χ1n) is 15.4. The number of hydrogen-bond donors (Lipinski definition) is 2. The van der Waals surface area contributed by atoms with Crippen molar-refractivity contribution in [2.45, 2.75) is 97.4 Å². The van der Waals surface area contributed by atoms with Crippen molar-refractivity contribution in [1.82, 2.24) is 29.3 Å². The number of anilines is 1. The van der Waals surface area contributed by atoms with E-state index in [1.54, 1.807) is 0 Å². The highest BCUT2D eigenvalue weighted by atomic mass is 16.5. The predicted octanol–water partition coefficient (Wildman–Crippen LogP) is 4.84. The summed E-state index contributed by atoms with van der Waals surface area (Å²) in [7, 11) is 0. The number of fused-ring (bicyclic) bond motifs is 1. The minimum atomic E-state index is -0.127. The molecule has 2 aliphatic heterocycles. The summed E-state index contributed by atoms with van der Waals surface area (Å²) < 4.78 is 7.69. The van der Waals surface area contributed by atoms with Crippen molar-refractivity contribution < 1.29 is 4.74 Å². The lowest BCUT2D eigenvalue weighted by Crippen LogP contribution is -2.38. The Morgan fingerprint density at radius 3 is 2.29 bits per heavy atom. The van der Waals surface area contributed by atoms with Gasteiger partial charge in [0.2, 0.25) is 0 Å². The maximum atomic E-state index is 13.3. The molecule has 1 atom stereocenters. The average molecular weight is 530 g/mol. The molecule has 214 valence electrons. The maximum Gasteiger partial charge on any atom is 0.328 e. The van der Waals surface area contributed by atoms with E-state index >= 15 is 0 Å². The Bertz CT molecular complexity index is 1040. The zero-order valence-electron chi connectivity index (χ0n) is 24.1. The number of nitrogens with zero attached hydrogens (tertiary/aromatic N) is 5. The summed E-state index contributed by atoms with van der Waals surface area (Å²) in [6.45, 7) is 14.1. The number of rotatable bonds is 14. The van der Waals surface area contributed by atoms with E-state index in [1.165, 1.54) is 51.7 Å². The van der Waals surface area contributed by atoms with Crippen LogP contribution in [0.2, 0.25) is 0 Å². The minimum Gasteiger partial charge on any atom is -0.463 e. The number of likely N-dealkylation sites (tertiary alicyclic amines) is 2. The average Bonchev–Trinajstić information content (AvgIpc) is 3.27. The van der Waals surface area contributed by atoms with Gasteiger partial charge in [0.05, 0.1) is 6.61 Å². The van der Waals surface area contributed by atoms with Crippen LogP contribution in [0.5, 0.6) is 6.01 Å². The highest BCUT2D eigenvalue weighted by molar-refractivity contribution is 5.82. The molecule has 9 nitrogen and oxygen atoms in total. The van der Waals surface area contributed by atoms with Crippen LogP contribution in [0.1, 0.15) is 97.4 Å². The van der Waals surface area contributed by atoms with Crippen LogP contribution in [0.15, 0.2) is 4.79 Å². The van der Waals surface area contributed by atoms with E-state index in [2.05, 4.69) is 40.5 Å². The van der Waals surface area contributed by atoms with Crippen LogP contribution in [-0.2, 0) is 0 Å². The number of aromatic amines is 1. The van der Waals surface area contributed by atoms with Crippen LogP contribution in [0.25, 0.3) is 11.2 Å². The van der Waals surface area contributed by atoms with Crippen molar-refractivity contribution in [3.05, 3.63) is 10.5 Å². The van der Waals surface area contributed by atoms with Crippen LogP contribution in [0.4, 0.5) is 5.82 Å². The first kappa shape index (κ1) is 28.9. The Morgan fingerprint density at radius 2 is 1.63 bits per heavy atom. The van der Waals surface area contributed by atoms with Crippen LogP contribution < -0.4 is 16.2 Å². The van der Waals surface area contributed by atoms with Gasteiger partial charge in [-0.25, -0.2) is 4.79 Å². The third-order valence-corrected chi connectivity index (χ3v) is 9.03. The summed E-state index contributed by atoms with van der Waals surface area (Å²) >= 11 is 0. The van der Waals surface area contributed by atoms with Crippen molar-refractivity contribution >= 4 is 17.0 Å². The molecular weight excluding hydrogens is 478 g/mol. The van der Waals surface area contributed by atoms with E-state index in [9.17, 15) is 4.79 Å². The van der Waals surface area contributed by atoms with Crippen LogP contribution in [0.3, 0.4) is 0 Å². The Morgan fingerprint density at radius 1 is 0.947 bits per heavy atom. The molecule has 0 aromatic carbocycles. The molecule has 0 saturated carbocycles. The third-order valence-electron chi connectivity index (χ3n) is 9.03. The van der Waals surface area contributed by atoms with Gasteiger partial charge in [-0.15, -0.1) is 0 Å². The summed E-state index contributed by atoms with van der Waals surface area (Å²) in [4.78, 5) is 30.4. The summed E-state index contributed by atoms with van der Waals surface area (Å²) in [5.41, 5.74) is 7.27. The number of H-pyrrole nitrogens is 1. The molecule has 9 heteroatoms. The van der Waals surface area contributed by atoms with Gasteiger partial charge in [0.1, 0.15) is 5.52 Å². The zero-order chi connectivity index (χ0) is 26.9. The maximum absolute atomic E-state index is 13.3. The molecule has 1 unspecified atom stereocenters. The molecule has 3 N–H and O–H groups in total. The fraction of sp³-hybridized carbons (Fsp3) is 0.828. The number of unbranched alkanes of at least 4 members (excludes halogenated alkanes) is 3. The van der Waals surface area contributed by atoms with Crippen molar-refractivity contribution in [2.24, 2.45) is 11.8 Å². The van der Waals surface area contributed by atoms with Gasteiger partial charge in [0, 0.05) is 6.04 Å². The smallest absolute Gasteiger partial charge is 0.328 e. The van der Waals surface area contributed by atoms with Crippen molar-refractivity contribution in [3.63, 3.8) is 0 Å². The number of aromatic nitrogens is 4. The van der Waals surface area contributed by atoms with E-state index in [0.717, 1.165) is 64.1 Å². The number of piperidine rings is 2. The molecule has 38 heavy (non-hydrogen) atoms. The number of ether oxygens (including phenoxy) is 1. The highest BCUT2D eigenvalue weighted by Gasteiger charge is 2.30. The van der Waals surface area contributed by atoms with E-state index in [-0.39, 0.29) is 23.6 Å². The fourth-order valence-electron chi connectivity index (χ4n) is 6.47.